The standard InChI is InChI=1S/C20H23BN4O3.C3H6.U/c1-5-6-20(21,27)17-7-12(2)15(11-22-17)14-8-13-10-23-18(25(4)28)9-16(13)24(3)19(14)26;1-2-3-1;/h7-11,27-28H,5-6H2,1-4H3;1-3H2;. The summed E-state index contributed by atoms with van der Waals surface area (Å²) in [5, 5.41) is 21.6. The third-order valence-electron chi connectivity index (χ3n) is 5.25. The van der Waals surface area contributed by atoms with Crippen LogP contribution in [-0.4, -0.2) is 39.7 Å². The van der Waals surface area contributed by atoms with Crippen molar-refractivity contribution < 1.29 is 41.4 Å². The summed E-state index contributed by atoms with van der Waals surface area (Å²) in [5.41, 5.74) is 1.28. The summed E-state index contributed by atoms with van der Waals surface area (Å²) >= 11 is 0. The average Bonchev–Trinajstić information content (AvgIpc) is 3.60. The average molecular weight is 658 g/mol. The molecular weight excluding hydrogens is 629 g/mol. The van der Waals surface area contributed by atoms with E-state index in [1.165, 1.54) is 30.9 Å². The Morgan fingerprint density at radius 3 is 2.34 bits per heavy atom. The molecule has 32 heavy (non-hydrogen) atoms. The predicted molar refractivity (Wildman–Crippen MR) is 124 cm³/mol. The molecule has 0 saturated heterocycles. The predicted octanol–water partition coefficient (Wildman–Crippen LogP) is 3.41. The molecule has 3 heterocycles. The number of aliphatic hydroxyl groups is 1. The maximum absolute atomic E-state index is 13.0. The summed E-state index contributed by atoms with van der Waals surface area (Å²) in [5.74, 6) is 0.343. The van der Waals surface area contributed by atoms with Gasteiger partial charge in [0.25, 0.3) is 5.56 Å². The number of anilines is 1. The molecule has 1 atom stereocenters. The molecule has 1 unspecified atom stereocenters. The molecule has 1 aliphatic carbocycles. The Hall–Kier alpha value is -1.65. The number of hydroxylamine groups is 1. The normalized spacial score (nSPS) is 14.1. The van der Waals surface area contributed by atoms with Crippen molar-refractivity contribution in [2.45, 2.75) is 51.5 Å². The number of hydrogen-bond acceptors (Lipinski definition) is 6. The summed E-state index contributed by atoms with van der Waals surface area (Å²) in [6.07, 6.45) is 8.80. The van der Waals surface area contributed by atoms with Crippen molar-refractivity contribution in [1.82, 2.24) is 14.5 Å². The van der Waals surface area contributed by atoms with Crippen LogP contribution < -0.4 is 10.6 Å². The quantitative estimate of drug-likeness (QED) is 0.323. The molecule has 0 aromatic carbocycles. The van der Waals surface area contributed by atoms with E-state index in [0.717, 1.165) is 22.4 Å². The number of hydrogen-bond donors (Lipinski definition) is 2. The van der Waals surface area contributed by atoms with Crippen LogP contribution in [0.15, 0.2) is 35.4 Å². The van der Waals surface area contributed by atoms with Crippen molar-refractivity contribution >= 4 is 24.6 Å². The zero-order valence-electron chi connectivity index (χ0n) is 19.1. The Balaban J connectivity index is 0.000000836. The monoisotopic (exact) mass is 658 g/mol. The fraction of sp³-hybridized carbons (Fsp3) is 0.435. The Labute approximate surface area is 213 Å². The summed E-state index contributed by atoms with van der Waals surface area (Å²) < 4.78 is 1.52. The van der Waals surface area contributed by atoms with Gasteiger partial charge in [-0.25, -0.2) is 10.0 Å². The summed E-state index contributed by atoms with van der Waals surface area (Å²) in [7, 11) is 9.11. The summed E-state index contributed by atoms with van der Waals surface area (Å²) in [4.78, 5) is 21.5. The van der Waals surface area contributed by atoms with E-state index in [9.17, 15) is 15.1 Å². The van der Waals surface area contributed by atoms with E-state index in [4.69, 9.17) is 7.85 Å². The molecule has 9 heteroatoms. The zero-order valence-corrected chi connectivity index (χ0v) is 23.3. The van der Waals surface area contributed by atoms with E-state index in [-0.39, 0.29) is 36.7 Å². The van der Waals surface area contributed by atoms with Gasteiger partial charge in [-0.2, -0.15) is 0 Å². The number of fused-ring (bicyclic) bond motifs is 1. The smallest absolute Gasteiger partial charge is 0.258 e. The first kappa shape index (κ1) is 26.6. The van der Waals surface area contributed by atoms with E-state index < -0.39 is 5.50 Å². The van der Waals surface area contributed by atoms with Gasteiger partial charge in [-0.15, -0.1) is 0 Å². The van der Waals surface area contributed by atoms with Crippen LogP contribution in [0.3, 0.4) is 0 Å². The van der Waals surface area contributed by atoms with Gasteiger partial charge >= 0.3 is 0 Å². The third-order valence-corrected chi connectivity index (χ3v) is 5.25. The van der Waals surface area contributed by atoms with Gasteiger partial charge in [-0.1, -0.05) is 32.6 Å². The molecular formula is C23H29BN4O3U. The van der Waals surface area contributed by atoms with Gasteiger partial charge in [0, 0.05) is 80.2 Å². The van der Waals surface area contributed by atoms with Crippen molar-refractivity contribution in [2.75, 3.05) is 12.1 Å². The minimum atomic E-state index is -1.50. The molecule has 166 valence electrons. The second kappa shape index (κ2) is 11.0. The van der Waals surface area contributed by atoms with E-state index in [2.05, 4.69) is 9.97 Å². The number of nitrogens with zero attached hydrogens (tertiary/aromatic N) is 4. The molecule has 3 aromatic heterocycles. The van der Waals surface area contributed by atoms with Gasteiger partial charge in [0.05, 0.1) is 16.7 Å². The molecule has 1 saturated carbocycles. The Morgan fingerprint density at radius 1 is 1.16 bits per heavy atom. The first-order valence-electron chi connectivity index (χ1n) is 10.6. The van der Waals surface area contributed by atoms with Crippen LogP contribution in [0, 0.1) is 38.0 Å². The molecule has 0 bridgehead atoms. The van der Waals surface area contributed by atoms with Crippen molar-refractivity contribution in [1.29, 1.82) is 0 Å². The first-order chi connectivity index (χ1) is 14.7. The Kier molecular flexibility index (Phi) is 9.12. The molecule has 7 nitrogen and oxygen atoms in total. The molecule has 2 N–H and O–H groups in total. The molecule has 1 fully saturated rings. The second-order valence-electron chi connectivity index (χ2n) is 8.17. The van der Waals surface area contributed by atoms with Crippen LogP contribution >= 0.6 is 0 Å². The molecule has 0 amide bonds. The Morgan fingerprint density at radius 2 is 1.81 bits per heavy atom. The number of pyridine rings is 3. The largest absolute Gasteiger partial charge is 0.394 e. The topological polar surface area (TPSA) is 91.5 Å². The Bertz CT molecular complexity index is 1140. The molecule has 0 aliphatic heterocycles. The van der Waals surface area contributed by atoms with Gasteiger partial charge in [0.15, 0.2) is 5.82 Å². The van der Waals surface area contributed by atoms with E-state index in [1.54, 1.807) is 37.6 Å². The van der Waals surface area contributed by atoms with Gasteiger partial charge in [0.1, 0.15) is 7.85 Å². The SMILES string of the molecule is C1CC1.[B]C(O)(CCC)c1cc(C)c(-c2cc3cnc(N(C)O)cc3n(C)c2=O)cn1.[U]. The van der Waals surface area contributed by atoms with Crippen LogP contribution in [-0.2, 0) is 12.5 Å². The maximum atomic E-state index is 13.0. The van der Waals surface area contributed by atoms with Gasteiger partial charge in [0.2, 0.25) is 0 Å². The van der Waals surface area contributed by atoms with Crippen molar-refractivity contribution in [3.05, 3.63) is 52.2 Å². The first-order valence-corrected chi connectivity index (χ1v) is 10.6. The fourth-order valence-electron chi connectivity index (χ4n) is 3.31. The van der Waals surface area contributed by atoms with Crippen LogP contribution in [0.2, 0.25) is 0 Å². The molecule has 0 spiro atoms. The van der Waals surface area contributed by atoms with Crippen LogP contribution in [0.25, 0.3) is 22.0 Å². The van der Waals surface area contributed by atoms with Crippen LogP contribution in [0.5, 0.6) is 0 Å². The van der Waals surface area contributed by atoms with E-state index in [1.807, 2.05) is 13.8 Å². The van der Waals surface area contributed by atoms with Crippen LogP contribution in [0.1, 0.15) is 50.3 Å². The number of aryl methyl sites for hydroxylation is 2. The fourth-order valence-corrected chi connectivity index (χ4v) is 3.31. The number of aromatic nitrogens is 3. The summed E-state index contributed by atoms with van der Waals surface area (Å²) in [6, 6.07) is 5.13. The zero-order chi connectivity index (χ0) is 22.8. The molecule has 1 aliphatic rings. The van der Waals surface area contributed by atoms with E-state index >= 15 is 0 Å². The van der Waals surface area contributed by atoms with Gasteiger partial charge in [-0.05, 0) is 31.0 Å². The van der Waals surface area contributed by atoms with Gasteiger partial charge in [-0.3, -0.25) is 15.0 Å². The van der Waals surface area contributed by atoms with Crippen molar-refractivity contribution in [2.24, 2.45) is 7.05 Å². The minimum Gasteiger partial charge on any atom is -0.394 e. The van der Waals surface area contributed by atoms with Crippen molar-refractivity contribution in [3.8, 4) is 11.1 Å². The van der Waals surface area contributed by atoms with Crippen molar-refractivity contribution in [3.63, 3.8) is 0 Å². The molecule has 3 aromatic rings. The van der Waals surface area contributed by atoms with E-state index in [0.29, 0.717) is 34.6 Å². The molecule has 2 radical (unpaired) electrons. The van der Waals surface area contributed by atoms with Crippen LogP contribution in [0.4, 0.5) is 5.82 Å². The summed E-state index contributed by atoms with van der Waals surface area (Å²) in [6.45, 7) is 3.79. The maximum Gasteiger partial charge on any atom is 0.258 e. The van der Waals surface area contributed by atoms with Gasteiger partial charge < -0.3 is 9.67 Å². The third kappa shape index (κ3) is 6.02. The second-order valence-corrected chi connectivity index (χ2v) is 8.17. The molecule has 4 rings (SSSR count). The number of rotatable bonds is 5. The minimum absolute atomic E-state index is 0.